The first kappa shape index (κ1) is 10.8. The molecule has 0 amide bonds. The molecule has 0 saturated heterocycles. The molecule has 5 nitrogen and oxygen atoms in total. The minimum atomic E-state index is -0.479. The van der Waals surface area contributed by atoms with Crippen LogP contribution in [0.3, 0.4) is 0 Å². The quantitative estimate of drug-likeness (QED) is 0.339. The van der Waals surface area contributed by atoms with Gasteiger partial charge in [-0.25, -0.2) is 0 Å². The highest BCUT2D eigenvalue weighted by atomic mass is 32.1. The van der Waals surface area contributed by atoms with E-state index in [1.807, 2.05) is 13.8 Å². The molecule has 6 heteroatoms. The van der Waals surface area contributed by atoms with Gasteiger partial charge in [0, 0.05) is 17.2 Å². The fourth-order valence-corrected chi connectivity index (χ4v) is 2.00. The number of anilines is 2. The van der Waals surface area contributed by atoms with Crippen molar-refractivity contribution in [3.05, 3.63) is 27.8 Å². The van der Waals surface area contributed by atoms with Crippen molar-refractivity contribution in [2.45, 2.75) is 19.3 Å². The van der Waals surface area contributed by atoms with Crippen LogP contribution in [0.2, 0.25) is 0 Å². The van der Waals surface area contributed by atoms with Crippen molar-refractivity contribution in [2.75, 3.05) is 11.1 Å². The zero-order chi connectivity index (χ0) is 12.1. The summed E-state index contributed by atoms with van der Waals surface area (Å²) < 4.78 is 0. The topological polar surface area (TPSA) is 81.2 Å². The van der Waals surface area contributed by atoms with E-state index in [-0.39, 0.29) is 16.8 Å². The van der Waals surface area contributed by atoms with Crippen molar-refractivity contribution in [1.29, 1.82) is 0 Å². The average molecular weight is 237 g/mol. The zero-order valence-electron chi connectivity index (χ0n) is 8.90. The molecule has 16 heavy (non-hydrogen) atoms. The van der Waals surface area contributed by atoms with Crippen molar-refractivity contribution < 1.29 is 4.92 Å². The predicted octanol–water partition coefficient (Wildman–Crippen LogP) is 2.21. The SMILES string of the molecule is CC1(C)C(=S)Nc2cc(N)c([N+](=O)[O-])cc21. The first-order chi connectivity index (χ1) is 7.34. The maximum Gasteiger partial charge on any atom is 0.292 e. The second-order valence-corrected chi connectivity index (χ2v) is 4.70. The van der Waals surface area contributed by atoms with Gasteiger partial charge in [0.2, 0.25) is 0 Å². The number of nitrogen functional groups attached to an aromatic ring is 1. The van der Waals surface area contributed by atoms with E-state index in [0.29, 0.717) is 4.99 Å². The molecule has 0 radical (unpaired) electrons. The molecule has 84 valence electrons. The smallest absolute Gasteiger partial charge is 0.292 e. The maximum atomic E-state index is 10.8. The van der Waals surface area contributed by atoms with E-state index in [0.717, 1.165) is 11.3 Å². The Kier molecular flexibility index (Phi) is 2.13. The Hall–Kier alpha value is -1.69. The number of rotatable bonds is 1. The lowest BCUT2D eigenvalue weighted by atomic mass is 9.86. The Bertz CT molecular complexity index is 511. The highest BCUT2D eigenvalue weighted by molar-refractivity contribution is 7.80. The van der Waals surface area contributed by atoms with E-state index in [1.54, 1.807) is 6.07 Å². The lowest BCUT2D eigenvalue weighted by Gasteiger charge is -2.17. The molecule has 0 spiro atoms. The summed E-state index contributed by atoms with van der Waals surface area (Å²) in [5.74, 6) is 0. The molecule has 1 aromatic carbocycles. The second kappa shape index (κ2) is 3.15. The molecule has 1 aromatic rings. The van der Waals surface area contributed by atoms with Gasteiger partial charge in [-0.05, 0) is 25.5 Å². The summed E-state index contributed by atoms with van der Waals surface area (Å²) in [5, 5.41) is 13.8. The van der Waals surface area contributed by atoms with E-state index in [2.05, 4.69) is 5.32 Å². The number of hydrogen-bond donors (Lipinski definition) is 2. The maximum absolute atomic E-state index is 10.8. The summed E-state index contributed by atoms with van der Waals surface area (Å²) in [6.45, 7) is 3.85. The summed E-state index contributed by atoms with van der Waals surface area (Å²) >= 11 is 5.19. The molecule has 0 aliphatic carbocycles. The second-order valence-electron chi connectivity index (χ2n) is 4.29. The molecular weight excluding hydrogens is 226 g/mol. The molecule has 0 fully saturated rings. The fraction of sp³-hybridized carbons (Fsp3) is 0.300. The minimum absolute atomic E-state index is 0.0710. The molecule has 0 saturated carbocycles. The monoisotopic (exact) mass is 237 g/mol. The lowest BCUT2D eigenvalue weighted by Crippen LogP contribution is -2.25. The van der Waals surface area contributed by atoms with Gasteiger partial charge in [-0.3, -0.25) is 10.1 Å². The number of nitrogens with one attached hydrogen (secondary N) is 1. The standard InChI is InChI=1S/C10H11N3O2S/c1-10(2)5-3-8(13(14)15)6(11)4-7(5)12-9(10)16/h3-4H,11H2,1-2H3,(H,12,16). The van der Waals surface area contributed by atoms with Gasteiger partial charge in [0.25, 0.3) is 5.69 Å². The Labute approximate surface area is 97.8 Å². The third-order valence-electron chi connectivity index (χ3n) is 2.85. The molecule has 0 bridgehead atoms. The molecule has 0 atom stereocenters. The van der Waals surface area contributed by atoms with Crippen LogP contribution in [0.15, 0.2) is 12.1 Å². The number of nitrogens with zero attached hydrogens (tertiary/aromatic N) is 1. The summed E-state index contributed by atoms with van der Waals surface area (Å²) in [6.07, 6.45) is 0. The predicted molar refractivity (Wildman–Crippen MR) is 66.8 cm³/mol. The van der Waals surface area contributed by atoms with Gasteiger partial charge < -0.3 is 11.1 Å². The largest absolute Gasteiger partial charge is 0.393 e. The molecular formula is C10H11N3O2S. The van der Waals surface area contributed by atoms with Crippen LogP contribution in [0.25, 0.3) is 0 Å². The van der Waals surface area contributed by atoms with Crippen LogP contribution in [0.1, 0.15) is 19.4 Å². The first-order valence-electron chi connectivity index (χ1n) is 4.74. The molecule has 0 unspecified atom stereocenters. The van der Waals surface area contributed by atoms with E-state index >= 15 is 0 Å². The first-order valence-corrected chi connectivity index (χ1v) is 5.14. The molecule has 1 aliphatic rings. The van der Waals surface area contributed by atoms with Gasteiger partial charge in [0.1, 0.15) is 5.69 Å². The minimum Gasteiger partial charge on any atom is -0.393 e. The third kappa shape index (κ3) is 1.34. The molecule has 2 rings (SSSR count). The summed E-state index contributed by atoms with van der Waals surface area (Å²) in [6, 6.07) is 3.06. The van der Waals surface area contributed by atoms with Crippen molar-refractivity contribution in [3.8, 4) is 0 Å². The van der Waals surface area contributed by atoms with Crippen LogP contribution < -0.4 is 11.1 Å². The van der Waals surface area contributed by atoms with E-state index in [1.165, 1.54) is 6.07 Å². The summed E-state index contributed by atoms with van der Waals surface area (Å²) in [7, 11) is 0. The van der Waals surface area contributed by atoms with Gasteiger partial charge in [-0.15, -0.1) is 0 Å². The van der Waals surface area contributed by atoms with E-state index in [9.17, 15) is 10.1 Å². The van der Waals surface area contributed by atoms with Crippen molar-refractivity contribution in [3.63, 3.8) is 0 Å². The van der Waals surface area contributed by atoms with Crippen molar-refractivity contribution >= 4 is 34.3 Å². The van der Waals surface area contributed by atoms with Gasteiger partial charge in [-0.2, -0.15) is 0 Å². The highest BCUT2D eigenvalue weighted by Crippen LogP contribution is 2.42. The Balaban J connectivity index is 2.67. The summed E-state index contributed by atoms with van der Waals surface area (Å²) in [4.78, 5) is 11.0. The van der Waals surface area contributed by atoms with Crippen LogP contribution in [0.4, 0.5) is 17.1 Å². The zero-order valence-corrected chi connectivity index (χ0v) is 9.72. The molecule has 3 N–H and O–H groups in total. The van der Waals surface area contributed by atoms with Gasteiger partial charge in [0.05, 0.1) is 9.91 Å². The van der Waals surface area contributed by atoms with Crippen molar-refractivity contribution in [1.82, 2.24) is 0 Å². The molecule has 1 aliphatic heterocycles. The Morgan fingerprint density at radius 1 is 1.50 bits per heavy atom. The number of thiocarbonyl (C=S) groups is 1. The Morgan fingerprint density at radius 3 is 2.69 bits per heavy atom. The van der Waals surface area contributed by atoms with E-state index in [4.69, 9.17) is 18.0 Å². The molecule has 0 aromatic heterocycles. The Morgan fingerprint density at radius 2 is 2.12 bits per heavy atom. The van der Waals surface area contributed by atoms with Crippen LogP contribution in [-0.4, -0.2) is 9.91 Å². The van der Waals surface area contributed by atoms with Crippen LogP contribution in [0, 0.1) is 10.1 Å². The van der Waals surface area contributed by atoms with Crippen molar-refractivity contribution in [2.24, 2.45) is 0 Å². The fourth-order valence-electron chi connectivity index (χ4n) is 1.78. The van der Waals surface area contributed by atoms with E-state index < -0.39 is 4.92 Å². The number of hydrogen-bond acceptors (Lipinski definition) is 4. The van der Waals surface area contributed by atoms with Gasteiger partial charge in [-0.1, -0.05) is 12.2 Å². The van der Waals surface area contributed by atoms with Crippen LogP contribution >= 0.6 is 12.2 Å². The number of benzene rings is 1. The van der Waals surface area contributed by atoms with Gasteiger partial charge >= 0.3 is 0 Å². The number of fused-ring (bicyclic) bond motifs is 1. The third-order valence-corrected chi connectivity index (χ3v) is 3.47. The van der Waals surface area contributed by atoms with Crippen LogP contribution in [0.5, 0.6) is 0 Å². The average Bonchev–Trinajstić information content (AvgIpc) is 2.36. The number of nitrogens with two attached hydrogens (primary N) is 1. The number of nitro groups is 1. The normalized spacial score (nSPS) is 16.8. The molecule has 1 heterocycles. The van der Waals surface area contributed by atoms with Gasteiger partial charge in [0.15, 0.2) is 0 Å². The lowest BCUT2D eigenvalue weighted by molar-refractivity contribution is -0.384. The number of nitro benzene ring substituents is 1. The summed E-state index contributed by atoms with van der Waals surface area (Å²) in [5.41, 5.74) is 6.88. The van der Waals surface area contributed by atoms with Crippen LogP contribution in [-0.2, 0) is 5.41 Å². The highest BCUT2D eigenvalue weighted by Gasteiger charge is 2.37.